The van der Waals surface area contributed by atoms with Crippen LogP contribution in [0.15, 0.2) is 16.6 Å². The number of Topliss-reactive ketones (excluding diaryl/α,β-unsaturated/α-hetero) is 1. The molecule has 7 heteroatoms. The lowest BCUT2D eigenvalue weighted by molar-refractivity contribution is -0.177. The molecule has 1 heterocycles. The Balaban J connectivity index is 1.64. The number of hydrogen-bond acceptors (Lipinski definition) is 7. The molecule has 0 aromatic carbocycles. The summed E-state index contributed by atoms with van der Waals surface area (Å²) in [5, 5.41) is 9.89. The van der Waals surface area contributed by atoms with Crippen molar-refractivity contribution in [3.05, 3.63) is 11.6 Å². The summed E-state index contributed by atoms with van der Waals surface area (Å²) >= 11 is 0. The maximum atomic E-state index is 13.2. The minimum atomic E-state index is -1.14. The number of hydrogen-bond donors (Lipinski definition) is 1. The van der Waals surface area contributed by atoms with Gasteiger partial charge in [0.2, 0.25) is 0 Å². The summed E-state index contributed by atoms with van der Waals surface area (Å²) in [4.78, 5) is 42.4. The summed E-state index contributed by atoms with van der Waals surface area (Å²) in [7, 11) is 0. The standard InChI is InChI=1S/C25H33NO6/c1-13-26-25(20(30)12-27)21(31-13)10-18-17-6-5-15-9-16(29)7-8-23(15,3)22(17)19(32-14(2)28)11-24(18,25)4/h9,17-19,21-22,27H,5-8,10-12H2,1-4H3/t17-,18-,19-,21?,22+,23-,24-,25+/m0/s1. The summed E-state index contributed by atoms with van der Waals surface area (Å²) in [5.74, 6) is 0.491. The van der Waals surface area contributed by atoms with Gasteiger partial charge in [0.05, 0.1) is 0 Å². The summed E-state index contributed by atoms with van der Waals surface area (Å²) in [5.41, 5.74) is -0.748. The van der Waals surface area contributed by atoms with Crippen molar-refractivity contribution in [2.45, 2.75) is 84.0 Å². The third-order valence-electron chi connectivity index (χ3n) is 9.60. The molecule has 0 spiro atoms. The highest BCUT2D eigenvalue weighted by molar-refractivity contribution is 5.96. The normalized spacial score (nSPS) is 46.7. The van der Waals surface area contributed by atoms with Gasteiger partial charge in [0.15, 0.2) is 23.0 Å². The summed E-state index contributed by atoms with van der Waals surface area (Å²) < 4.78 is 12.1. The number of aliphatic hydroxyl groups excluding tert-OH is 1. The van der Waals surface area contributed by atoms with Gasteiger partial charge in [-0.2, -0.15) is 0 Å². The van der Waals surface area contributed by atoms with Crippen molar-refractivity contribution >= 4 is 23.4 Å². The van der Waals surface area contributed by atoms with Gasteiger partial charge in [0, 0.05) is 31.6 Å². The minimum Gasteiger partial charge on any atom is -0.475 e. The Kier molecular flexibility index (Phi) is 4.76. The first-order valence-electron chi connectivity index (χ1n) is 11.8. The van der Waals surface area contributed by atoms with Crippen LogP contribution >= 0.6 is 0 Å². The number of fused-ring (bicyclic) bond motifs is 7. The van der Waals surface area contributed by atoms with Gasteiger partial charge >= 0.3 is 5.97 Å². The van der Waals surface area contributed by atoms with Gasteiger partial charge < -0.3 is 14.6 Å². The van der Waals surface area contributed by atoms with Crippen molar-refractivity contribution in [3.63, 3.8) is 0 Å². The lowest BCUT2D eigenvalue weighted by atomic mass is 9.45. The highest BCUT2D eigenvalue weighted by atomic mass is 16.5. The minimum absolute atomic E-state index is 0.0859. The largest absolute Gasteiger partial charge is 0.475 e. The van der Waals surface area contributed by atoms with E-state index in [-0.39, 0.29) is 46.8 Å². The molecule has 0 aromatic rings. The van der Waals surface area contributed by atoms with Crippen LogP contribution < -0.4 is 0 Å². The molecule has 32 heavy (non-hydrogen) atoms. The number of allylic oxidation sites excluding steroid dienone is 1. The summed E-state index contributed by atoms with van der Waals surface area (Å²) in [6.07, 6.45) is 5.26. The second kappa shape index (κ2) is 6.99. The Hall–Kier alpha value is -2.02. The van der Waals surface area contributed by atoms with E-state index in [1.807, 2.05) is 6.08 Å². The third kappa shape index (κ3) is 2.63. The first kappa shape index (κ1) is 21.8. The molecule has 0 saturated heterocycles. The van der Waals surface area contributed by atoms with Crippen molar-refractivity contribution in [2.24, 2.45) is 33.6 Å². The van der Waals surface area contributed by atoms with Crippen LogP contribution in [0, 0.1) is 28.6 Å². The Labute approximate surface area is 188 Å². The van der Waals surface area contributed by atoms with Crippen LogP contribution in [0.1, 0.15) is 66.2 Å². The lowest BCUT2D eigenvalue weighted by Crippen LogP contribution is -2.63. The SMILES string of the molecule is CC(=O)O[C@H]1C[C@@]2(C)[C@@H](CC3OC(C)=N[C@]32C(=O)CO)[C@@H]2CCC3=CC(=O)CC[C@]3(C)[C@H]21. The van der Waals surface area contributed by atoms with Crippen molar-refractivity contribution < 1.29 is 29.0 Å². The van der Waals surface area contributed by atoms with Crippen LogP contribution in [0.4, 0.5) is 0 Å². The number of carbonyl (C=O) groups is 3. The zero-order valence-corrected chi connectivity index (χ0v) is 19.3. The number of ketones is 2. The van der Waals surface area contributed by atoms with Crippen molar-refractivity contribution in [1.82, 2.24) is 0 Å². The molecule has 7 nitrogen and oxygen atoms in total. The Bertz CT molecular complexity index is 954. The molecule has 8 atom stereocenters. The van der Waals surface area contributed by atoms with E-state index in [9.17, 15) is 19.5 Å². The fourth-order valence-corrected chi connectivity index (χ4v) is 8.46. The number of carbonyl (C=O) groups excluding carboxylic acids is 3. The monoisotopic (exact) mass is 443 g/mol. The van der Waals surface area contributed by atoms with Gasteiger partial charge in [-0.25, -0.2) is 4.99 Å². The van der Waals surface area contributed by atoms with E-state index in [4.69, 9.17) is 14.5 Å². The Morgan fingerprint density at radius 3 is 2.75 bits per heavy atom. The van der Waals surface area contributed by atoms with E-state index in [0.29, 0.717) is 25.2 Å². The number of aliphatic hydroxyl groups is 1. The number of esters is 1. The van der Waals surface area contributed by atoms with Crippen LogP contribution in [0.2, 0.25) is 0 Å². The molecule has 3 saturated carbocycles. The van der Waals surface area contributed by atoms with Crippen LogP contribution in [-0.4, -0.2) is 52.9 Å². The van der Waals surface area contributed by atoms with Crippen molar-refractivity contribution in [3.8, 4) is 0 Å². The average molecular weight is 444 g/mol. The molecule has 0 radical (unpaired) electrons. The maximum absolute atomic E-state index is 13.2. The molecule has 3 fully saturated rings. The molecule has 5 aliphatic rings. The highest BCUT2D eigenvalue weighted by Crippen LogP contribution is 2.70. The maximum Gasteiger partial charge on any atom is 0.302 e. The van der Waals surface area contributed by atoms with E-state index < -0.39 is 23.7 Å². The van der Waals surface area contributed by atoms with Gasteiger partial charge in [-0.1, -0.05) is 19.4 Å². The van der Waals surface area contributed by atoms with Crippen LogP contribution in [0.25, 0.3) is 0 Å². The van der Waals surface area contributed by atoms with Crippen LogP contribution in [-0.2, 0) is 23.9 Å². The number of aliphatic imine (C=N–C) groups is 1. The smallest absolute Gasteiger partial charge is 0.302 e. The fourth-order valence-electron chi connectivity index (χ4n) is 8.46. The Morgan fingerprint density at radius 2 is 2.06 bits per heavy atom. The first-order chi connectivity index (χ1) is 15.1. The summed E-state index contributed by atoms with van der Waals surface area (Å²) in [6, 6.07) is 0. The molecule has 0 amide bonds. The Morgan fingerprint density at radius 1 is 1.31 bits per heavy atom. The van der Waals surface area contributed by atoms with Gasteiger partial charge in [0.25, 0.3) is 0 Å². The number of ether oxygens (including phenoxy) is 2. The molecular weight excluding hydrogens is 410 g/mol. The number of rotatable bonds is 3. The van der Waals surface area contributed by atoms with E-state index >= 15 is 0 Å². The van der Waals surface area contributed by atoms with Gasteiger partial charge in [-0.3, -0.25) is 14.4 Å². The second-order valence-corrected chi connectivity index (χ2v) is 11.0. The highest BCUT2D eigenvalue weighted by Gasteiger charge is 2.75. The topological polar surface area (TPSA) is 102 Å². The van der Waals surface area contributed by atoms with Gasteiger partial charge in [-0.15, -0.1) is 0 Å². The molecule has 4 aliphatic carbocycles. The molecular formula is C25H33NO6. The van der Waals surface area contributed by atoms with Crippen molar-refractivity contribution in [2.75, 3.05) is 6.61 Å². The predicted octanol–water partition coefficient (Wildman–Crippen LogP) is 2.79. The molecule has 1 aliphatic heterocycles. The van der Waals surface area contributed by atoms with E-state index in [0.717, 1.165) is 19.3 Å². The quantitative estimate of drug-likeness (QED) is 0.673. The molecule has 5 rings (SSSR count). The van der Waals surface area contributed by atoms with Gasteiger partial charge in [-0.05, 0) is 55.4 Å². The zero-order valence-electron chi connectivity index (χ0n) is 19.3. The molecule has 1 unspecified atom stereocenters. The zero-order chi connectivity index (χ0) is 23.1. The molecule has 0 bridgehead atoms. The summed E-state index contributed by atoms with van der Waals surface area (Å²) in [6.45, 7) is 6.92. The van der Waals surface area contributed by atoms with Crippen molar-refractivity contribution in [1.29, 1.82) is 0 Å². The van der Waals surface area contributed by atoms with E-state index in [1.54, 1.807) is 6.92 Å². The lowest BCUT2D eigenvalue weighted by Gasteiger charge is -2.60. The van der Waals surface area contributed by atoms with Gasteiger partial charge in [0.1, 0.15) is 18.8 Å². The number of nitrogens with zero attached hydrogens (tertiary/aromatic N) is 1. The first-order valence-corrected chi connectivity index (χ1v) is 11.8. The third-order valence-corrected chi connectivity index (χ3v) is 9.60. The molecule has 1 N–H and O–H groups in total. The predicted molar refractivity (Wildman–Crippen MR) is 116 cm³/mol. The molecule has 174 valence electrons. The van der Waals surface area contributed by atoms with E-state index in [2.05, 4.69) is 13.8 Å². The fraction of sp³-hybridized carbons (Fsp3) is 0.760. The van der Waals surface area contributed by atoms with Crippen LogP contribution in [0.3, 0.4) is 0 Å². The molecule has 0 aromatic heterocycles. The van der Waals surface area contributed by atoms with E-state index in [1.165, 1.54) is 12.5 Å². The van der Waals surface area contributed by atoms with Crippen LogP contribution in [0.5, 0.6) is 0 Å². The average Bonchev–Trinajstić information content (AvgIpc) is 3.18. The second-order valence-electron chi connectivity index (χ2n) is 11.0.